The summed E-state index contributed by atoms with van der Waals surface area (Å²) in [5.41, 5.74) is 7.68. The summed E-state index contributed by atoms with van der Waals surface area (Å²) in [5, 5.41) is 7.04. The van der Waals surface area contributed by atoms with E-state index >= 15 is 0 Å². The van der Waals surface area contributed by atoms with Gasteiger partial charge in [-0.2, -0.15) is 0 Å². The van der Waals surface area contributed by atoms with Gasteiger partial charge in [-0.05, 0) is 24.8 Å². The van der Waals surface area contributed by atoms with E-state index in [1.165, 1.54) is 0 Å². The monoisotopic (exact) mass is 323 g/mol. The number of nitrogens with two attached hydrogens (primary N) is 1. The third-order valence-electron chi connectivity index (χ3n) is 3.21. The molecule has 22 heavy (non-hydrogen) atoms. The van der Waals surface area contributed by atoms with E-state index < -0.39 is 15.9 Å². The second kappa shape index (κ2) is 6.58. The molecule has 0 aliphatic rings. The molecule has 1 atom stereocenters. The van der Waals surface area contributed by atoms with Crippen LogP contribution in [0.25, 0.3) is 0 Å². The quantitative estimate of drug-likeness (QED) is 0.876. The molecule has 0 amide bonds. The SMILES string of the molecule is Cc1ccc(CS(=O)(=O)c2nnc([C@@H](N)CC(C)C)o2)cc1. The zero-order valence-electron chi connectivity index (χ0n) is 13.0. The lowest BCUT2D eigenvalue weighted by molar-refractivity contribution is 0.352. The summed E-state index contributed by atoms with van der Waals surface area (Å²) in [6.07, 6.45) is 0.652. The van der Waals surface area contributed by atoms with Crippen LogP contribution >= 0.6 is 0 Å². The minimum Gasteiger partial charge on any atom is -0.411 e. The highest BCUT2D eigenvalue weighted by Gasteiger charge is 2.25. The van der Waals surface area contributed by atoms with Gasteiger partial charge in [0, 0.05) is 0 Å². The maximum atomic E-state index is 12.3. The van der Waals surface area contributed by atoms with Gasteiger partial charge in [0.05, 0.1) is 11.8 Å². The van der Waals surface area contributed by atoms with Crippen molar-refractivity contribution < 1.29 is 12.8 Å². The number of aryl methyl sites for hydroxylation is 1. The zero-order chi connectivity index (χ0) is 16.3. The van der Waals surface area contributed by atoms with Crippen molar-refractivity contribution in [3.8, 4) is 0 Å². The lowest BCUT2D eigenvalue weighted by atomic mass is 10.1. The topological polar surface area (TPSA) is 99.1 Å². The van der Waals surface area contributed by atoms with Crippen LogP contribution in [0.5, 0.6) is 0 Å². The Morgan fingerprint density at radius 3 is 2.41 bits per heavy atom. The van der Waals surface area contributed by atoms with Gasteiger partial charge in [0.1, 0.15) is 0 Å². The Bertz CT molecular complexity index is 721. The molecule has 0 bridgehead atoms. The van der Waals surface area contributed by atoms with Crippen molar-refractivity contribution in [1.29, 1.82) is 0 Å². The molecule has 0 spiro atoms. The third kappa shape index (κ3) is 4.14. The number of hydrogen-bond donors (Lipinski definition) is 1. The van der Waals surface area contributed by atoms with Crippen molar-refractivity contribution in [2.24, 2.45) is 11.7 Å². The summed E-state index contributed by atoms with van der Waals surface area (Å²) >= 11 is 0. The van der Waals surface area contributed by atoms with Gasteiger partial charge in [-0.15, -0.1) is 5.10 Å². The highest BCUT2D eigenvalue weighted by Crippen LogP contribution is 2.21. The average Bonchev–Trinajstić information content (AvgIpc) is 2.91. The first-order valence-electron chi connectivity index (χ1n) is 7.15. The number of aromatic nitrogens is 2. The second-order valence-corrected chi connectivity index (χ2v) is 7.75. The van der Waals surface area contributed by atoms with Gasteiger partial charge in [-0.3, -0.25) is 0 Å². The summed E-state index contributed by atoms with van der Waals surface area (Å²) in [5.74, 6) is 0.347. The lowest BCUT2D eigenvalue weighted by Gasteiger charge is -2.08. The second-order valence-electron chi connectivity index (χ2n) is 5.89. The minimum atomic E-state index is -3.66. The first kappa shape index (κ1) is 16.6. The predicted octanol–water partition coefficient (Wildman–Crippen LogP) is 2.40. The third-order valence-corrected chi connectivity index (χ3v) is 4.62. The molecule has 1 aromatic heterocycles. The molecule has 2 rings (SSSR count). The fraction of sp³-hybridized carbons (Fsp3) is 0.467. The summed E-state index contributed by atoms with van der Waals surface area (Å²) in [6.45, 7) is 5.98. The fourth-order valence-electron chi connectivity index (χ4n) is 2.07. The van der Waals surface area contributed by atoms with Gasteiger partial charge in [-0.25, -0.2) is 8.42 Å². The van der Waals surface area contributed by atoms with E-state index in [4.69, 9.17) is 10.2 Å². The van der Waals surface area contributed by atoms with Crippen LogP contribution in [0.1, 0.15) is 43.3 Å². The van der Waals surface area contributed by atoms with Gasteiger partial charge in [0.2, 0.25) is 15.7 Å². The molecular formula is C15H21N3O3S. The van der Waals surface area contributed by atoms with Crippen LogP contribution in [-0.4, -0.2) is 18.6 Å². The molecular weight excluding hydrogens is 302 g/mol. The largest absolute Gasteiger partial charge is 0.411 e. The molecule has 0 saturated heterocycles. The summed E-state index contributed by atoms with van der Waals surface area (Å²) in [6, 6.07) is 6.82. The van der Waals surface area contributed by atoms with E-state index in [-0.39, 0.29) is 16.9 Å². The van der Waals surface area contributed by atoms with Crippen molar-refractivity contribution in [2.75, 3.05) is 0 Å². The number of hydrogen-bond acceptors (Lipinski definition) is 6. The van der Waals surface area contributed by atoms with Crippen LogP contribution in [-0.2, 0) is 15.6 Å². The molecule has 0 aliphatic heterocycles. The van der Waals surface area contributed by atoms with E-state index in [1.807, 2.05) is 32.9 Å². The van der Waals surface area contributed by atoms with Crippen LogP contribution in [0, 0.1) is 12.8 Å². The van der Waals surface area contributed by atoms with Gasteiger partial charge < -0.3 is 10.2 Å². The maximum absolute atomic E-state index is 12.3. The van der Waals surface area contributed by atoms with Crippen molar-refractivity contribution in [3.05, 3.63) is 41.3 Å². The van der Waals surface area contributed by atoms with E-state index in [1.54, 1.807) is 12.1 Å². The molecule has 0 saturated carbocycles. The summed E-state index contributed by atoms with van der Waals surface area (Å²) < 4.78 is 29.9. The van der Waals surface area contributed by atoms with E-state index in [9.17, 15) is 8.42 Å². The van der Waals surface area contributed by atoms with Gasteiger partial charge in [-0.1, -0.05) is 48.8 Å². The molecule has 120 valence electrons. The lowest BCUT2D eigenvalue weighted by Crippen LogP contribution is -2.13. The fourth-order valence-corrected chi connectivity index (χ4v) is 3.20. The first-order chi connectivity index (χ1) is 10.3. The molecule has 1 aromatic carbocycles. The smallest absolute Gasteiger partial charge is 0.335 e. The van der Waals surface area contributed by atoms with Gasteiger partial charge >= 0.3 is 5.22 Å². The van der Waals surface area contributed by atoms with Crippen LogP contribution < -0.4 is 5.73 Å². The average molecular weight is 323 g/mol. The Morgan fingerprint density at radius 2 is 1.82 bits per heavy atom. The molecule has 0 fully saturated rings. The van der Waals surface area contributed by atoms with E-state index in [0.29, 0.717) is 17.9 Å². The van der Waals surface area contributed by atoms with Gasteiger partial charge in [0.15, 0.2) is 0 Å². The van der Waals surface area contributed by atoms with Crippen LogP contribution in [0.2, 0.25) is 0 Å². The molecule has 0 unspecified atom stereocenters. The molecule has 7 heteroatoms. The first-order valence-corrected chi connectivity index (χ1v) is 8.80. The van der Waals surface area contributed by atoms with E-state index in [0.717, 1.165) is 5.56 Å². The normalized spacial score (nSPS) is 13.5. The Hall–Kier alpha value is -1.73. The summed E-state index contributed by atoms with van der Waals surface area (Å²) in [4.78, 5) is 0. The molecule has 1 heterocycles. The van der Waals surface area contributed by atoms with Gasteiger partial charge in [0.25, 0.3) is 0 Å². The number of sulfone groups is 1. The number of rotatable bonds is 6. The van der Waals surface area contributed by atoms with Crippen molar-refractivity contribution in [3.63, 3.8) is 0 Å². The molecule has 6 nitrogen and oxygen atoms in total. The predicted molar refractivity (Wildman–Crippen MR) is 82.8 cm³/mol. The Labute approximate surface area is 130 Å². The van der Waals surface area contributed by atoms with E-state index in [2.05, 4.69) is 10.2 Å². The number of nitrogens with zero attached hydrogens (tertiary/aromatic N) is 2. The standard InChI is InChI=1S/C15H21N3O3S/c1-10(2)8-13(16)14-17-18-15(21-14)22(19,20)9-12-6-4-11(3)5-7-12/h4-7,10,13H,8-9,16H2,1-3H3/t13-/m0/s1. The summed E-state index contributed by atoms with van der Waals surface area (Å²) in [7, 11) is -3.66. The van der Waals surface area contributed by atoms with Crippen LogP contribution in [0.4, 0.5) is 0 Å². The molecule has 0 aliphatic carbocycles. The van der Waals surface area contributed by atoms with Crippen LogP contribution in [0.15, 0.2) is 33.9 Å². The maximum Gasteiger partial charge on any atom is 0.335 e. The van der Waals surface area contributed by atoms with Crippen molar-refractivity contribution >= 4 is 9.84 Å². The Kier molecular flexibility index (Phi) is 4.97. The van der Waals surface area contributed by atoms with Crippen molar-refractivity contribution in [2.45, 2.75) is 44.2 Å². The van der Waals surface area contributed by atoms with Crippen molar-refractivity contribution in [1.82, 2.24) is 10.2 Å². The zero-order valence-corrected chi connectivity index (χ0v) is 13.8. The highest BCUT2D eigenvalue weighted by atomic mass is 32.2. The molecule has 0 radical (unpaired) electrons. The minimum absolute atomic E-state index is 0.163. The molecule has 2 aromatic rings. The van der Waals surface area contributed by atoms with Crippen LogP contribution in [0.3, 0.4) is 0 Å². The molecule has 2 N–H and O–H groups in total. The Morgan fingerprint density at radius 1 is 1.18 bits per heavy atom. The highest BCUT2D eigenvalue weighted by molar-refractivity contribution is 7.90. The number of benzene rings is 1. The Balaban J connectivity index is 2.16.